The van der Waals surface area contributed by atoms with Gasteiger partial charge < -0.3 is 25.8 Å². The standard InChI is InChI=1S/C9H13N3O6/c10-4-1-5(14)11-9(17)12(4)8-7(16)6(15)3(2-13)18-8/h1,3,6-8,13,15-16H,2,10H2,(H,11,14,17). The van der Waals surface area contributed by atoms with E-state index in [1.165, 1.54) is 0 Å². The molecule has 2 heterocycles. The molecule has 0 aromatic carbocycles. The highest BCUT2D eigenvalue weighted by Gasteiger charge is 2.44. The fraction of sp³-hybridized carbons (Fsp3) is 0.556. The summed E-state index contributed by atoms with van der Waals surface area (Å²) in [5, 5.41) is 28.2. The molecule has 0 radical (unpaired) electrons. The van der Waals surface area contributed by atoms with Crippen molar-refractivity contribution in [1.82, 2.24) is 9.55 Å². The number of nitrogens with one attached hydrogen (secondary N) is 1. The number of nitrogen functional groups attached to an aromatic ring is 1. The van der Waals surface area contributed by atoms with E-state index in [1.54, 1.807) is 0 Å². The molecule has 1 aromatic heterocycles. The Morgan fingerprint density at radius 2 is 2.06 bits per heavy atom. The van der Waals surface area contributed by atoms with E-state index in [1.807, 2.05) is 4.98 Å². The number of hydrogen-bond acceptors (Lipinski definition) is 7. The SMILES string of the molecule is Nc1cc(=O)[nH]c(=O)n1C1OC(CO)C(O)C1O. The quantitative estimate of drug-likeness (QED) is 0.373. The van der Waals surface area contributed by atoms with Crippen LogP contribution in [0.15, 0.2) is 15.7 Å². The van der Waals surface area contributed by atoms with E-state index in [9.17, 15) is 19.8 Å². The smallest absolute Gasteiger partial charge is 0.332 e. The maximum Gasteiger partial charge on any atom is 0.332 e. The number of nitrogens with two attached hydrogens (primary N) is 1. The van der Waals surface area contributed by atoms with Gasteiger partial charge >= 0.3 is 5.69 Å². The minimum atomic E-state index is -1.44. The van der Waals surface area contributed by atoms with Gasteiger partial charge in [0, 0.05) is 6.07 Å². The van der Waals surface area contributed by atoms with Crippen LogP contribution in [0.5, 0.6) is 0 Å². The molecule has 1 saturated heterocycles. The van der Waals surface area contributed by atoms with Crippen LogP contribution in [0.1, 0.15) is 6.23 Å². The molecule has 9 heteroatoms. The summed E-state index contributed by atoms with van der Waals surface area (Å²) in [5.74, 6) is -0.210. The zero-order chi connectivity index (χ0) is 13.4. The number of nitrogens with zero attached hydrogens (tertiary/aromatic N) is 1. The first-order valence-corrected chi connectivity index (χ1v) is 5.19. The molecule has 1 aliphatic rings. The molecule has 4 unspecified atom stereocenters. The number of aliphatic hydroxyl groups is 3. The van der Waals surface area contributed by atoms with Gasteiger partial charge in [-0.3, -0.25) is 14.3 Å². The Labute approximate surface area is 100 Å². The lowest BCUT2D eigenvalue weighted by Crippen LogP contribution is -2.39. The molecule has 100 valence electrons. The second kappa shape index (κ2) is 4.53. The highest BCUT2D eigenvalue weighted by Crippen LogP contribution is 2.29. The van der Waals surface area contributed by atoms with Crippen LogP contribution in [-0.4, -0.2) is 49.8 Å². The predicted octanol–water partition coefficient (Wildman–Crippen LogP) is -3.27. The van der Waals surface area contributed by atoms with Crippen LogP contribution < -0.4 is 17.0 Å². The van der Waals surface area contributed by atoms with Gasteiger partial charge in [-0.1, -0.05) is 0 Å². The predicted molar refractivity (Wildman–Crippen MR) is 58.7 cm³/mol. The van der Waals surface area contributed by atoms with Crippen molar-refractivity contribution in [3.8, 4) is 0 Å². The maximum atomic E-state index is 11.6. The van der Waals surface area contributed by atoms with Crippen LogP contribution in [0.25, 0.3) is 0 Å². The number of aliphatic hydroxyl groups excluding tert-OH is 3. The van der Waals surface area contributed by atoms with Crippen molar-refractivity contribution in [3.05, 3.63) is 26.9 Å². The fourth-order valence-corrected chi connectivity index (χ4v) is 1.88. The second-order valence-electron chi connectivity index (χ2n) is 3.96. The molecule has 2 rings (SSSR count). The molecule has 18 heavy (non-hydrogen) atoms. The molecule has 0 saturated carbocycles. The molecule has 0 bridgehead atoms. The second-order valence-corrected chi connectivity index (χ2v) is 3.96. The van der Waals surface area contributed by atoms with Crippen molar-refractivity contribution in [2.45, 2.75) is 24.5 Å². The van der Waals surface area contributed by atoms with Gasteiger partial charge in [0.25, 0.3) is 5.56 Å². The van der Waals surface area contributed by atoms with E-state index in [2.05, 4.69) is 0 Å². The van der Waals surface area contributed by atoms with Crippen molar-refractivity contribution in [1.29, 1.82) is 0 Å². The molecule has 0 spiro atoms. The third-order valence-corrected chi connectivity index (χ3v) is 2.78. The van der Waals surface area contributed by atoms with Gasteiger partial charge in [0.2, 0.25) is 0 Å². The minimum absolute atomic E-state index is 0.210. The Kier molecular flexibility index (Phi) is 3.22. The summed E-state index contributed by atoms with van der Waals surface area (Å²) in [4.78, 5) is 24.6. The molecule has 0 aliphatic carbocycles. The van der Waals surface area contributed by atoms with Crippen LogP contribution in [0.3, 0.4) is 0 Å². The van der Waals surface area contributed by atoms with Gasteiger partial charge in [-0.25, -0.2) is 4.79 Å². The Hall–Kier alpha value is -1.68. The minimum Gasteiger partial charge on any atom is -0.394 e. The topological polar surface area (TPSA) is 151 Å². The average Bonchev–Trinajstić information content (AvgIpc) is 2.56. The normalized spacial score (nSPS) is 31.7. The average molecular weight is 259 g/mol. The van der Waals surface area contributed by atoms with Crippen LogP contribution in [0, 0.1) is 0 Å². The van der Waals surface area contributed by atoms with Gasteiger partial charge in [-0.2, -0.15) is 0 Å². The number of hydrogen-bond donors (Lipinski definition) is 5. The van der Waals surface area contributed by atoms with Crippen LogP contribution >= 0.6 is 0 Å². The van der Waals surface area contributed by atoms with E-state index in [0.29, 0.717) is 0 Å². The monoisotopic (exact) mass is 259 g/mol. The lowest BCUT2D eigenvalue weighted by Gasteiger charge is -2.18. The van der Waals surface area contributed by atoms with E-state index >= 15 is 0 Å². The molecule has 0 amide bonds. The lowest BCUT2D eigenvalue weighted by atomic mass is 10.1. The van der Waals surface area contributed by atoms with Crippen molar-refractivity contribution < 1.29 is 20.1 Å². The Morgan fingerprint density at radius 3 is 2.56 bits per heavy atom. The summed E-state index contributed by atoms with van der Waals surface area (Å²) in [6, 6.07) is 0.954. The Balaban J connectivity index is 2.45. The van der Waals surface area contributed by atoms with Gasteiger partial charge in [0.15, 0.2) is 6.23 Å². The fourth-order valence-electron chi connectivity index (χ4n) is 1.88. The summed E-state index contributed by atoms with van der Waals surface area (Å²) in [6.45, 7) is -0.521. The molecule has 1 fully saturated rings. The molecular weight excluding hydrogens is 246 g/mol. The van der Waals surface area contributed by atoms with E-state index in [-0.39, 0.29) is 5.82 Å². The third-order valence-electron chi connectivity index (χ3n) is 2.78. The van der Waals surface area contributed by atoms with E-state index < -0.39 is 42.4 Å². The van der Waals surface area contributed by atoms with E-state index in [0.717, 1.165) is 10.6 Å². The van der Waals surface area contributed by atoms with Crippen LogP contribution in [-0.2, 0) is 4.74 Å². The van der Waals surface area contributed by atoms with Gasteiger partial charge in [0.1, 0.15) is 24.1 Å². The Bertz CT molecular complexity index is 552. The highest BCUT2D eigenvalue weighted by molar-refractivity contribution is 5.27. The summed E-state index contributed by atoms with van der Waals surface area (Å²) >= 11 is 0. The number of ether oxygens (including phenoxy) is 1. The summed E-state index contributed by atoms with van der Waals surface area (Å²) in [6.07, 6.45) is -5.07. The summed E-state index contributed by atoms with van der Waals surface area (Å²) in [5.41, 5.74) is 3.96. The molecule has 4 atom stereocenters. The molecule has 6 N–H and O–H groups in total. The molecule has 1 aliphatic heterocycles. The lowest BCUT2D eigenvalue weighted by molar-refractivity contribution is -0.0538. The third kappa shape index (κ3) is 1.93. The zero-order valence-corrected chi connectivity index (χ0v) is 9.18. The van der Waals surface area contributed by atoms with Crippen LogP contribution in [0.4, 0.5) is 5.82 Å². The number of aromatic amines is 1. The van der Waals surface area contributed by atoms with Gasteiger partial charge in [0.05, 0.1) is 6.61 Å². The summed E-state index contributed by atoms with van der Waals surface area (Å²) < 4.78 is 5.94. The molecular formula is C9H13N3O6. The number of anilines is 1. The summed E-state index contributed by atoms with van der Waals surface area (Å²) in [7, 11) is 0. The molecule has 9 nitrogen and oxygen atoms in total. The van der Waals surface area contributed by atoms with Crippen molar-refractivity contribution >= 4 is 5.82 Å². The maximum absolute atomic E-state index is 11.6. The molecule has 1 aromatic rings. The number of H-pyrrole nitrogens is 1. The zero-order valence-electron chi connectivity index (χ0n) is 9.18. The Morgan fingerprint density at radius 1 is 1.39 bits per heavy atom. The van der Waals surface area contributed by atoms with Gasteiger partial charge in [-0.05, 0) is 0 Å². The van der Waals surface area contributed by atoms with Crippen LogP contribution in [0.2, 0.25) is 0 Å². The van der Waals surface area contributed by atoms with E-state index in [4.69, 9.17) is 15.6 Å². The van der Waals surface area contributed by atoms with Crippen molar-refractivity contribution in [3.63, 3.8) is 0 Å². The first kappa shape index (κ1) is 12.8. The van der Waals surface area contributed by atoms with Gasteiger partial charge in [-0.15, -0.1) is 0 Å². The first-order valence-electron chi connectivity index (χ1n) is 5.19. The largest absolute Gasteiger partial charge is 0.394 e. The number of rotatable bonds is 2. The highest BCUT2D eigenvalue weighted by atomic mass is 16.6. The first-order chi connectivity index (χ1) is 8.45. The number of aromatic nitrogens is 2. The van der Waals surface area contributed by atoms with Crippen molar-refractivity contribution in [2.24, 2.45) is 0 Å². The van der Waals surface area contributed by atoms with Crippen molar-refractivity contribution in [2.75, 3.05) is 12.3 Å².